The molecule has 0 radical (unpaired) electrons. The number of methoxy groups -OCH3 is 1. The van der Waals surface area contributed by atoms with Gasteiger partial charge in [-0.05, 0) is 36.8 Å². The Bertz CT molecular complexity index is 1290. The predicted molar refractivity (Wildman–Crippen MR) is 126 cm³/mol. The summed E-state index contributed by atoms with van der Waals surface area (Å²) in [7, 11) is 4.64. The number of aromatic nitrogens is 2. The van der Waals surface area contributed by atoms with Crippen molar-refractivity contribution in [1.82, 2.24) is 14.5 Å². The summed E-state index contributed by atoms with van der Waals surface area (Å²) in [5, 5.41) is 0. The number of nitrogens with zero attached hydrogens (tertiary/aromatic N) is 3. The van der Waals surface area contributed by atoms with E-state index in [1.165, 1.54) is 41.1 Å². The molecule has 1 heterocycles. The van der Waals surface area contributed by atoms with E-state index in [2.05, 4.69) is 11.6 Å². The van der Waals surface area contributed by atoms with Gasteiger partial charge in [0.2, 0.25) is 12.3 Å². The number of hydrogen-bond donors (Lipinski definition) is 0. The SMILES string of the molecule is C=Cc1c(OCc2ccc(F)cc2F)ncn(-c2cc(C(=O)OC)ccc2C)c1=O.CN(C)C=O. The predicted octanol–water partition coefficient (Wildman–Crippen LogP) is 3.53. The van der Waals surface area contributed by atoms with E-state index in [0.717, 1.165) is 24.1 Å². The monoisotopic (exact) mass is 485 g/mol. The summed E-state index contributed by atoms with van der Waals surface area (Å²) in [5.74, 6) is -2.05. The van der Waals surface area contributed by atoms with Crippen LogP contribution in [0.15, 0.2) is 54.1 Å². The Morgan fingerprint density at radius 2 is 1.89 bits per heavy atom. The molecular formula is C25H25F2N3O5. The molecule has 1 amide bonds. The second-order valence-corrected chi connectivity index (χ2v) is 7.43. The molecule has 3 rings (SSSR count). The Morgan fingerprint density at radius 1 is 1.20 bits per heavy atom. The second-order valence-electron chi connectivity index (χ2n) is 7.43. The maximum atomic E-state index is 13.8. The number of hydrogen-bond acceptors (Lipinski definition) is 6. The van der Waals surface area contributed by atoms with Gasteiger partial charge in [0.1, 0.15) is 30.1 Å². The zero-order valence-electron chi connectivity index (χ0n) is 19.7. The van der Waals surface area contributed by atoms with E-state index in [4.69, 9.17) is 9.47 Å². The van der Waals surface area contributed by atoms with Gasteiger partial charge in [-0.3, -0.25) is 14.2 Å². The lowest BCUT2D eigenvalue weighted by Crippen LogP contribution is -2.23. The number of benzene rings is 2. The highest BCUT2D eigenvalue weighted by atomic mass is 19.1. The largest absolute Gasteiger partial charge is 0.472 e. The van der Waals surface area contributed by atoms with Gasteiger partial charge >= 0.3 is 5.97 Å². The van der Waals surface area contributed by atoms with Crippen molar-refractivity contribution in [3.8, 4) is 11.6 Å². The van der Waals surface area contributed by atoms with Gasteiger partial charge in [0.25, 0.3) is 5.56 Å². The number of amides is 1. The molecule has 0 aliphatic heterocycles. The quantitative estimate of drug-likeness (QED) is 0.376. The minimum absolute atomic E-state index is 0.0447. The number of carbonyl (C=O) groups excluding carboxylic acids is 2. The molecule has 0 spiro atoms. The average molecular weight is 485 g/mol. The molecule has 3 aromatic rings. The fourth-order valence-corrected chi connectivity index (χ4v) is 2.81. The summed E-state index contributed by atoms with van der Waals surface area (Å²) in [6.07, 6.45) is 3.27. The van der Waals surface area contributed by atoms with Crippen molar-refractivity contribution in [3.63, 3.8) is 0 Å². The number of esters is 1. The van der Waals surface area contributed by atoms with E-state index in [-0.39, 0.29) is 29.2 Å². The van der Waals surface area contributed by atoms with Crippen LogP contribution in [-0.4, -0.2) is 48.0 Å². The van der Waals surface area contributed by atoms with Gasteiger partial charge in [0, 0.05) is 25.7 Å². The average Bonchev–Trinajstić information content (AvgIpc) is 2.84. The normalized spacial score (nSPS) is 10.0. The smallest absolute Gasteiger partial charge is 0.337 e. The Balaban J connectivity index is 0.000000784. The molecule has 0 saturated heterocycles. The fourth-order valence-electron chi connectivity index (χ4n) is 2.81. The van der Waals surface area contributed by atoms with E-state index in [1.54, 1.807) is 33.2 Å². The van der Waals surface area contributed by atoms with E-state index in [1.807, 2.05) is 0 Å². The maximum Gasteiger partial charge on any atom is 0.337 e. The van der Waals surface area contributed by atoms with E-state index in [0.29, 0.717) is 5.69 Å². The fraction of sp³-hybridized carbons (Fsp3) is 0.200. The topological polar surface area (TPSA) is 90.7 Å². The molecule has 0 N–H and O–H groups in total. The molecule has 184 valence electrons. The first kappa shape index (κ1) is 26.9. The van der Waals surface area contributed by atoms with Crippen LogP contribution in [0.2, 0.25) is 0 Å². The van der Waals surface area contributed by atoms with Crippen molar-refractivity contribution in [1.29, 1.82) is 0 Å². The van der Waals surface area contributed by atoms with Crippen LogP contribution in [0.3, 0.4) is 0 Å². The van der Waals surface area contributed by atoms with Crippen LogP contribution in [0, 0.1) is 18.6 Å². The molecule has 35 heavy (non-hydrogen) atoms. The lowest BCUT2D eigenvalue weighted by atomic mass is 10.1. The minimum atomic E-state index is -0.765. The standard InChI is InChI=1S/C22H18F2N2O4.C3H7NO/c1-4-17-20(30-11-15-7-8-16(23)10-18(15)24)25-12-26(21(17)27)19-9-14(22(28)29-3)6-5-13(19)2;1-4(2)3-5/h4-10,12H,1,11H2,2-3H3;3H,1-2H3. The molecule has 0 fully saturated rings. The van der Waals surface area contributed by atoms with Gasteiger partial charge in [-0.25, -0.2) is 18.6 Å². The van der Waals surface area contributed by atoms with Crippen molar-refractivity contribution in [2.24, 2.45) is 0 Å². The van der Waals surface area contributed by atoms with E-state index in [9.17, 15) is 23.2 Å². The molecule has 2 aromatic carbocycles. The van der Waals surface area contributed by atoms with Gasteiger partial charge in [0.05, 0.1) is 18.4 Å². The molecule has 0 aliphatic carbocycles. The zero-order chi connectivity index (χ0) is 26.1. The number of rotatable bonds is 7. The highest BCUT2D eigenvalue weighted by Crippen LogP contribution is 2.20. The molecule has 0 atom stereocenters. The third kappa shape index (κ3) is 6.83. The Labute approximate surface area is 201 Å². The number of aryl methyl sites for hydroxylation is 1. The third-order valence-corrected chi connectivity index (χ3v) is 4.65. The van der Waals surface area contributed by atoms with Crippen molar-refractivity contribution < 1.29 is 27.8 Å². The number of carbonyl (C=O) groups is 2. The van der Waals surface area contributed by atoms with Gasteiger partial charge < -0.3 is 14.4 Å². The highest BCUT2D eigenvalue weighted by molar-refractivity contribution is 5.90. The van der Waals surface area contributed by atoms with Crippen LogP contribution in [0.4, 0.5) is 8.78 Å². The lowest BCUT2D eigenvalue weighted by Gasteiger charge is -2.14. The van der Waals surface area contributed by atoms with Crippen LogP contribution in [0.1, 0.15) is 27.0 Å². The maximum absolute atomic E-state index is 13.8. The first-order chi connectivity index (χ1) is 16.6. The molecule has 8 nitrogen and oxygen atoms in total. The van der Waals surface area contributed by atoms with Crippen LogP contribution in [0.25, 0.3) is 11.8 Å². The van der Waals surface area contributed by atoms with Crippen molar-refractivity contribution in [2.45, 2.75) is 13.5 Å². The van der Waals surface area contributed by atoms with Crippen molar-refractivity contribution >= 4 is 18.5 Å². The molecule has 10 heteroatoms. The first-order valence-electron chi connectivity index (χ1n) is 10.2. The molecule has 1 aromatic heterocycles. The Hall–Kier alpha value is -4.34. The molecule has 0 bridgehead atoms. The van der Waals surface area contributed by atoms with Gasteiger partial charge in [-0.1, -0.05) is 18.7 Å². The van der Waals surface area contributed by atoms with Crippen LogP contribution < -0.4 is 10.3 Å². The van der Waals surface area contributed by atoms with Gasteiger partial charge in [-0.15, -0.1) is 0 Å². The molecule has 0 unspecified atom stereocenters. The second kappa shape index (κ2) is 12.2. The van der Waals surface area contributed by atoms with Crippen molar-refractivity contribution in [2.75, 3.05) is 21.2 Å². The summed E-state index contributed by atoms with van der Waals surface area (Å²) >= 11 is 0. The van der Waals surface area contributed by atoms with Crippen molar-refractivity contribution in [3.05, 3.63) is 93.5 Å². The number of halogens is 2. The van der Waals surface area contributed by atoms with Gasteiger partial charge in [-0.2, -0.15) is 0 Å². The Kier molecular flexibility index (Phi) is 9.39. The van der Waals surface area contributed by atoms with Crippen LogP contribution in [-0.2, 0) is 16.1 Å². The van der Waals surface area contributed by atoms with E-state index >= 15 is 0 Å². The van der Waals surface area contributed by atoms with Crippen LogP contribution in [0.5, 0.6) is 5.88 Å². The highest BCUT2D eigenvalue weighted by Gasteiger charge is 2.16. The summed E-state index contributed by atoms with van der Waals surface area (Å²) < 4.78 is 38.3. The van der Waals surface area contributed by atoms with Crippen LogP contribution >= 0.6 is 0 Å². The Morgan fingerprint density at radius 3 is 2.46 bits per heavy atom. The molecular weight excluding hydrogens is 460 g/mol. The summed E-state index contributed by atoms with van der Waals surface area (Å²) in [4.78, 5) is 39.8. The summed E-state index contributed by atoms with van der Waals surface area (Å²) in [5.41, 5.74) is 1.12. The lowest BCUT2D eigenvalue weighted by molar-refractivity contribution is -0.115. The molecule has 0 saturated carbocycles. The summed E-state index contributed by atoms with van der Waals surface area (Å²) in [6.45, 7) is 5.15. The summed E-state index contributed by atoms with van der Waals surface area (Å²) in [6, 6.07) is 7.90. The molecule has 0 aliphatic rings. The zero-order valence-corrected chi connectivity index (χ0v) is 19.7. The van der Waals surface area contributed by atoms with Gasteiger partial charge in [0.15, 0.2) is 0 Å². The van der Waals surface area contributed by atoms with E-state index < -0.39 is 23.2 Å². The first-order valence-corrected chi connectivity index (χ1v) is 10.2. The number of ether oxygens (including phenoxy) is 2. The third-order valence-electron chi connectivity index (χ3n) is 4.65. The minimum Gasteiger partial charge on any atom is -0.472 e.